The molecular weight excluding hydrogens is 556 g/mol. The van der Waals surface area contributed by atoms with Gasteiger partial charge in [0, 0.05) is 21.8 Å². The van der Waals surface area contributed by atoms with Gasteiger partial charge in [-0.1, -0.05) is 28.1 Å². The van der Waals surface area contributed by atoms with Crippen molar-refractivity contribution in [2.75, 3.05) is 7.11 Å². The number of halogens is 2. The predicted molar refractivity (Wildman–Crippen MR) is 132 cm³/mol. The van der Waals surface area contributed by atoms with Crippen molar-refractivity contribution in [2.24, 2.45) is 0 Å². The van der Waals surface area contributed by atoms with E-state index in [1.165, 1.54) is 0 Å². The van der Waals surface area contributed by atoms with Gasteiger partial charge in [0.25, 0.3) is 11.1 Å². The molecule has 0 amide bonds. The first-order chi connectivity index (χ1) is 15.8. The molecule has 2 aromatic heterocycles. The summed E-state index contributed by atoms with van der Waals surface area (Å²) in [7, 11) is 1.55. The van der Waals surface area contributed by atoms with Gasteiger partial charge in [-0.3, -0.25) is 19.8 Å². The third-order valence-corrected chi connectivity index (χ3v) is 6.60. The van der Waals surface area contributed by atoms with E-state index in [0.29, 0.717) is 50.7 Å². The smallest absolute Gasteiger partial charge is 0.268 e. The Bertz CT molecular complexity index is 1350. The molecule has 0 bridgehead atoms. The van der Waals surface area contributed by atoms with Crippen molar-refractivity contribution in [3.8, 4) is 11.5 Å². The van der Waals surface area contributed by atoms with Crippen LogP contribution in [0.2, 0.25) is 0 Å². The van der Waals surface area contributed by atoms with Crippen LogP contribution in [0.5, 0.6) is 11.5 Å². The second-order valence-electron chi connectivity index (χ2n) is 7.62. The molecule has 10 heteroatoms. The molecule has 0 aliphatic carbocycles. The molecule has 0 aliphatic heterocycles. The van der Waals surface area contributed by atoms with Crippen LogP contribution in [0, 0.1) is 13.8 Å². The van der Waals surface area contributed by atoms with Crippen molar-refractivity contribution in [1.29, 1.82) is 0 Å². The fraction of sp³-hybridized carbons (Fsp3) is 0.217. The molecule has 0 aliphatic rings. The van der Waals surface area contributed by atoms with Crippen molar-refractivity contribution in [1.82, 2.24) is 20.4 Å². The van der Waals surface area contributed by atoms with E-state index in [-0.39, 0.29) is 11.1 Å². The van der Waals surface area contributed by atoms with E-state index in [4.69, 9.17) is 9.47 Å². The Labute approximate surface area is 206 Å². The Balaban J connectivity index is 1.80. The zero-order valence-corrected chi connectivity index (χ0v) is 21.3. The number of aromatic nitrogens is 4. The standard InChI is InChI=1S/C23H22Br2N4O4/c1-11-18(22(30)28-26-11)20(19-12(2)27-29-23(19)31)14-8-16(25)21(17(9-14)32-3)33-10-13-4-6-15(24)7-5-13/h4-9,20H,10H2,1-3H3,(H2,26,28,30)(H2,27,29,31). The van der Waals surface area contributed by atoms with Crippen molar-refractivity contribution >= 4 is 31.9 Å². The molecule has 33 heavy (non-hydrogen) atoms. The fourth-order valence-electron chi connectivity index (χ4n) is 3.87. The van der Waals surface area contributed by atoms with Gasteiger partial charge in [-0.15, -0.1) is 0 Å². The number of hydrogen-bond donors (Lipinski definition) is 4. The van der Waals surface area contributed by atoms with Crippen LogP contribution in [0.25, 0.3) is 0 Å². The Morgan fingerprint density at radius 3 is 1.94 bits per heavy atom. The van der Waals surface area contributed by atoms with Gasteiger partial charge >= 0.3 is 0 Å². The summed E-state index contributed by atoms with van der Waals surface area (Å²) in [5.41, 5.74) is 3.34. The highest BCUT2D eigenvalue weighted by atomic mass is 79.9. The zero-order valence-electron chi connectivity index (χ0n) is 18.1. The molecule has 0 saturated carbocycles. The van der Waals surface area contributed by atoms with E-state index in [2.05, 4.69) is 52.3 Å². The third kappa shape index (κ3) is 4.58. The van der Waals surface area contributed by atoms with Crippen molar-refractivity contribution in [3.63, 3.8) is 0 Å². The minimum absolute atomic E-state index is 0.289. The van der Waals surface area contributed by atoms with Gasteiger partial charge in [0.15, 0.2) is 11.5 Å². The van der Waals surface area contributed by atoms with E-state index in [0.717, 1.165) is 10.0 Å². The van der Waals surface area contributed by atoms with Crippen LogP contribution in [0.1, 0.15) is 39.6 Å². The maximum Gasteiger partial charge on any atom is 0.268 e. The number of nitrogens with one attached hydrogen (secondary N) is 4. The average Bonchev–Trinajstić information content (AvgIpc) is 3.30. The van der Waals surface area contributed by atoms with Gasteiger partial charge in [0.1, 0.15) is 6.61 Å². The molecule has 0 atom stereocenters. The van der Waals surface area contributed by atoms with E-state index in [9.17, 15) is 9.59 Å². The van der Waals surface area contributed by atoms with Gasteiger partial charge in [0.05, 0.1) is 22.7 Å². The Hall–Kier alpha value is -2.98. The van der Waals surface area contributed by atoms with Crippen LogP contribution in [0.4, 0.5) is 0 Å². The monoisotopic (exact) mass is 576 g/mol. The number of benzene rings is 2. The lowest BCUT2D eigenvalue weighted by atomic mass is 9.85. The fourth-order valence-corrected chi connectivity index (χ4v) is 4.71. The summed E-state index contributed by atoms with van der Waals surface area (Å²) in [6, 6.07) is 11.5. The second kappa shape index (κ2) is 9.48. The first kappa shape index (κ1) is 23.2. The van der Waals surface area contributed by atoms with Crippen molar-refractivity contribution in [2.45, 2.75) is 26.4 Å². The molecule has 0 saturated heterocycles. The number of aromatic amines is 4. The van der Waals surface area contributed by atoms with Gasteiger partial charge < -0.3 is 19.7 Å². The number of aryl methyl sites for hydroxylation is 2. The normalized spacial score (nSPS) is 11.2. The number of methoxy groups -OCH3 is 1. The second-order valence-corrected chi connectivity index (χ2v) is 9.39. The van der Waals surface area contributed by atoms with Crippen LogP contribution in [0.15, 0.2) is 54.9 Å². The molecule has 0 spiro atoms. The first-order valence-electron chi connectivity index (χ1n) is 10.1. The molecule has 2 heterocycles. The van der Waals surface area contributed by atoms with Gasteiger partial charge in [-0.05, 0) is 65.2 Å². The lowest BCUT2D eigenvalue weighted by molar-refractivity contribution is 0.282. The average molecular weight is 578 g/mol. The minimum Gasteiger partial charge on any atom is -0.493 e. The molecule has 0 fully saturated rings. The Morgan fingerprint density at radius 1 is 0.879 bits per heavy atom. The van der Waals surface area contributed by atoms with Gasteiger partial charge in [-0.2, -0.15) is 0 Å². The Kier molecular flexibility index (Phi) is 6.66. The largest absolute Gasteiger partial charge is 0.493 e. The predicted octanol–water partition coefficient (Wildman–Crippen LogP) is 4.63. The molecule has 4 N–H and O–H groups in total. The summed E-state index contributed by atoms with van der Waals surface area (Å²) >= 11 is 7.02. The molecule has 0 unspecified atom stereocenters. The molecule has 2 aromatic carbocycles. The first-order valence-corrected chi connectivity index (χ1v) is 11.7. The SMILES string of the molecule is COc1cc(C(c2c(C)[nH][nH]c2=O)c2c(C)[nH][nH]c2=O)cc(Br)c1OCc1ccc(Br)cc1. The summed E-state index contributed by atoms with van der Waals surface area (Å²) < 4.78 is 13.3. The van der Waals surface area contributed by atoms with Crippen LogP contribution < -0.4 is 20.6 Å². The molecule has 8 nitrogen and oxygen atoms in total. The minimum atomic E-state index is -0.624. The van der Waals surface area contributed by atoms with Gasteiger partial charge in [0.2, 0.25) is 0 Å². The molecular formula is C23H22Br2N4O4. The quantitative estimate of drug-likeness (QED) is 0.256. The number of rotatable bonds is 7. The number of H-pyrrole nitrogens is 4. The van der Waals surface area contributed by atoms with Crippen molar-refractivity contribution < 1.29 is 9.47 Å². The van der Waals surface area contributed by atoms with Crippen LogP contribution in [-0.2, 0) is 6.61 Å². The summed E-state index contributed by atoms with van der Waals surface area (Å²) in [5, 5.41) is 10.9. The maximum absolute atomic E-state index is 12.7. The lowest BCUT2D eigenvalue weighted by Crippen LogP contribution is -2.20. The van der Waals surface area contributed by atoms with Crippen molar-refractivity contribution in [3.05, 3.63) is 99.7 Å². The third-order valence-electron chi connectivity index (χ3n) is 5.48. The van der Waals surface area contributed by atoms with Gasteiger partial charge in [-0.25, -0.2) is 0 Å². The highest BCUT2D eigenvalue weighted by molar-refractivity contribution is 9.10. The molecule has 172 valence electrons. The molecule has 0 radical (unpaired) electrons. The zero-order chi connectivity index (χ0) is 23.7. The number of ether oxygens (including phenoxy) is 2. The number of hydrogen-bond acceptors (Lipinski definition) is 4. The van der Waals surface area contributed by atoms with Crippen LogP contribution >= 0.6 is 31.9 Å². The van der Waals surface area contributed by atoms with E-state index in [1.54, 1.807) is 27.0 Å². The summed E-state index contributed by atoms with van der Waals surface area (Å²) in [4.78, 5) is 25.4. The van der Waals surface area contributed by atoms with Crippen LogP contribution in [0.3, 0.4) is 0 Å². The summed E-state index contributed by atoms with van der Waals surface area (Å²) in [5.74, 6) is 0.388. The summed E-state index contributed by atoms with van der Waals surface area (Å²) in [6.07, 6.45) is 0. The lowest BCUT2D eigenvalue weighted by Gasteiger charge is -2.20. The van der Waals surface area contributed by atoms with Crippen LogP contribution in [-0.4, -0.2) is 27.5 Å². The van der Waals surface area contributed by atoms with E-state index < -0.39 is 5.92 Å². The summed E-state index contributed by atoms with van der Waals surface area (Å²) in [6.45, 7) is 3.93. The van der Waals surface area contributed by atoms with E-state index in [1.807, 2.05) is 30.3 Å². The molecule has 4 rings (SSSR count). The topological polar surface area (TPSA) is 116 Å². The van der Waals surface area contributed by atoms with E-state index >= 15 is 0 Å². The highest BCUT2D eigenvalue weighted by Crippen LogP contribution is 2.42. The Morgan fingerprint density at radius 2 is 1.45 bits per heavy atom. The molecule has 4 aromatic rings. The maximum atomic E-state index is 12.7. The highest BCUT2D eigenvalue weighted by Gasteiger charge is 2.29.